The van der Waals surface area contributed by atoms with Crippen LogP contribution in [0.15, 0.2) is 29.0 Å². The summed E-state index contributed by atoms with van der Waals surface area (Å²) in [5.41, 5.74) is 0.842. The molecule has 3 heterocycles. The van der Waals surface area contributed by atoms with E-state index in [0.717, 1.165) is 24.2 Å². The monoisotopic (exact) mass is 333 g/mol. The molecule has 1 aliphatic rings. The quantitative estimate of drug-likeness (QED) is 0.875. The van der Waals surface area contributed by atoms with Crippen molar-refractivity contribution in [2.75, 3.05) is 20.3 Å². The molecule has 2 aromatic heterocycles. The maximum absolute atomic E-state index is 11.6. The Morgan fingerprint density at radius 3 is 2.88 bits per heavy atom. The van der Waals surface area contributed by atoms with Crippen LogP contribution in [0.25, 0.3) is 0 Å². The van der Waals surface area contributed by atoms with Crippen LogP contribution in [0.3, 0.4) is 0 Å². The maximum Gasteiger partial charge on any atom is 0.356 e. The summed E-state index contributed by atoms with van der Waals surface area (Å²) < 4.78 is 12.6. The summed E-state index contributed by atoms with van der Waals surface area (Å²) in [6.45, 7) is 3.91. The molecule has 3 rings (SSSR count). The molecule has 0 radical (unpaired) electrons. The number of hydrogen-bond acceptors (Lipinski definition) is 5. The van der Waals surface area contributed by atoms with Crippen LogP contribution in [0, 0.1) is 0 Å². The lowest BCUT2D eigenvalue weighted by Crippen LogP contribution is -2.22. The number of carbonyl (C=O) groups is 1. The van der Waals surface area contributed by atoms with Crippen LogP contribution in [0.5, 0.6) is 0 Å². The zero-order valence-electron chi connectivity index (χ0n) is 14.0. The molecule has 0 aliphatic carbocycles. The smallest absolute Gasteiger partial charge is 0.356 e. The SMILES string of the molecule is CC(c1ccco1)N(C)Cc1cn(C2CCOCC2)nc1C(=O)O. The number of rotatable bonds is 6. The molecule has 0 amide bonds. The van der Waals surface area contributed by atoms with Crippen LogP contribution in [-0.2, 0) is 11.3 Å². The Bertz CT molecular complexity index is 674. The fourth-order valence-electron chi connectivity index (χ4n) is 3.01. The second kappa shape index (κ2) is 7.19. The third-order valence-corrected chi connectivity index (χ3v) is 4.61. The minimum Gasteiger partial charge on any atom is -0.476 e. The molecule has 0 bridgehead atoms. The van der Waals surface area contributed by atoms with E-state index in [1.807, 2.05) is 32.3 Å². The van der Waals surface area contributed by atoms with Gasteiger partial charge in [0, 0.05) is 31.5 Å². The van der Waals surface area contributed by atoms with Gasteiger partial charge in [-0.1, -0.05) is 0 Å². The van der Waals surface area contributed by atoms with Gasteiger partial charge >= 0.3 is 5.97 Å². The molecule has 7 nitrogen and oxygen atoms in total. The Morgan fingerprint density at radius 2 is 2.25 bits per heavy atom. The summed E-state index contributed by atoms with van der Waals surface area (Å²) in [6, 6.07) is 4.03. The molecule has 0 spiro atoms. The van der Waals surface area contributed by atoms with Gasteiger partial charge in [-0.2, -0.15) is 5.10 Å². The van der Waals surface area contributed by atoms with Crippen LogP contribution in [0.2, 0.25) is 0 Å². The van der Waals surface area contributed by atoms with Gasteiger partial charge in [0.25, 0.3) is 0 Å². The van der Waals surface area contributed by atoms with Gasteiger partial charge in [-0.25, -0.2) is 4.79 Å². The van der Waals surface area contributed by atoms with Gasteiger partial charge in [0.2, 0.25) is 0 Å². The van der Waals surface area contributed by atoms with Gasteiger partial charge in [0.15, 0.2) is 5.69 Å². The number of hydrogen-bond donors (Lipinski definition) is 1. The zero-order valence-corrected chi connectivity index (χ0v) is 14.0. The highest BCUT2D eigenvalue weighted by Gasteiger charge is 2.24. The first-order valence-corrected chi connectivity index (χ1v) is 8.19. The van der Waals surface area contributed by atoms with Crippen LogP contribution in [0.4, 0.5) is 0 Å². The molecule has 2 aromatic rings. The zero-order chi connectivity index (χ0) is 17.1. The van der Waals surface area contributed by atoms with Crippen molar-refractivity contribution in [3.8, 4) is 0 Å². The molecule has 1 aliphatic heterocycles. The fraction of sp³-hybridized carbons (Fsp3) is 0.529. The highest BCUT2D eigenvalue weighted by molar-refractivity contribution is 5.86. The predicted molar refractivity (Wildman–Crippen MR) is 86.9 cm³/mol. The molecular formula is C17H23N3O4. The molecule has 7 heteroatoms. The predicted octanol–water partition coefficient (Wildman–Crippen LogP) is 2.72. The van der Waals surface area contributed by atoms with E-state index in [1.165, 1.54) is 0 Å². The summed E-state index contributed by atoms with van der Waals surface area (Å²) in [5.74, 6) is -0.138. The average molecular weight is 333 g/mol. The number of aromatic carboxylic acids is 1. The summed E-state index contributed by atoms with van der Waals surface area (Å²) in [6.07, 6.45) is 5.23. The van der Waals surface area contributed by atoms with Gasteiger partial charge in [0.05, 0.1) is 18.3 Å². The van der Waals surface area contributed by atoms with Crippen molar-refractivity contribution >= 4 is 5.97 Å². The van der Waals surface area contributed by atoms with Crippen LogP contribution in [-0.4, -0.2) is 46.0 Å². The van der Waals surface area contributed by atoms with Crippen molar-refractivity contribution in [1.82, 2.24) is 14.7 Å². The van der Waals surface area contributed by atoms with Gasteiger partial charge < -0.3 is 14.3 Å². The van der Waals surface area contributed by atoms with Crippen molar-refractivity contribution in [3.05, 3.63) is 41.6 Å². The van der Waals surface area contributed by atoms with E-state index in [0.29, 0.717) is 19.8 Å². The maximum atomic E-state index is 11.6. The van der Waals surface area contributed by atoms with Crippen LogP contribution >= 0.6 is 0 Å². The number of furan rings is 1. The molecule has 24 heavy (non-hydrogen) atoms. The molecule has 1 fully saturated rings. The van der Waals surface area contributed by atoms with Gasteiger partial charge in [-0.15, -0.1) is 0 Å². The van der Waals surface area contributed by atoms with Crippen molar-refractivity contribution in [2.45, 2.75) is 38.4 Å². The summed E-state index contributed by atoms with van der Waals surface area (Å²) in [5, 5.41) is 13.8. The number of nitrogens with zero attached hydrogens (tertiary/aromatic N) is 3. The van der Waals surface area contributed by atoms with Crippen molar-refractivity contribution in [2.24, 2.45) is 0 Å². The van der Waals surface area contributed by atoms with Crippen molar-refractivity contribution in [3.63, 3.8) is 0 Å². The van der Waals surface area contributed by atoms with Crippen molar-refractivity contribution in [1.29, 1.82) is 0 Å². The van der Waals surface area contributed by atoms with Gasteiger partial charge in [-0.3, -0.25) is 9.58 Å². The largest absolute Gasteiger partial charge is 0.476 e. The summed E-state index contributed by atoms with van der Waals surface area (Å²) in [7, 11) is 1.95. The normalized spacial score (nSPS) is 17.3. The van der Waals surface area contributed by atoms with Crippen molar-refractivity contribution < 1.29 is 19.1 Å². The van der Waals surface area contributed by atoms with E-state index in [9.17, 15) is 9.90 Å². The van der Waals surface area contributed by atoms with E-state index >= 15 is 0 Å². The first kappa shape index (κ1) is 16.7. The van der Waals surface area contributed by atoms with Crippen LogP contribution < -0.4 is 0 Å². The third kappa shape index (κ3) is 3.52. The van der Waals surface area contributed by atoms with E-state index in [-0.39, 0.29) is 17.8 Å². The highest BCUT2D eigenvalue weighted by Crippen LogP contribution is 2.25. The van der Waals surface area contributed by atoms with E-state index in [4.69, 9.17) is 9.15 Å². The lowest BCUT2D eigenvalue weighted by Gasteiger charge is -2.23. The fourth-order valence-corrected chi connectivity index (χ4v) is 3.01. The van der Waals surface area contributed by atoms with Crippen LogP contribution in [0.1, 0.15) is 53.7 Å². The second-order valence-corrected chi connectivity index (χ2v) is 6.24. The van der Waals surface area contributed by atoms with E-state index in [1.54, 1.807) is 10.9 Å². The molecular weight excluding hydrogens is 310 g/mol. The molecule has 0 aromatic carbocycles. The molecule has 130 valence electrons. The Hall–Kier alpha value is -2.12. The molecule has 1 unspecified atom stereocenters. The Morgan fingerprint density at radius 1 is 1.50 bits per heavy atom. The second-order valence-electron chi connectivity index (χ2n) is 6.24. The minimum absolute atomic E-state index is 0.0491. The number of ether oxygens (including phenoxy) is 1. The first-order valence-electron chi connectivity index (χ1n) is 8.19. The summed E-state index contributed by atoms with van der Waals surface area (Å²) >= 11 is 0. The van der Waals surface area contributed by atoms with Gasteiger partial charge in [0.1, 0.15) is 5.76 Å². The Kier molecular flexibility index (Phi) is 5.01. The topological polar surface area (TPSA) is 80.7 Å². The molecule has 0 saturated carbocycles. The Labute approximate surface area is 140 Å². The van der Waals surface area contributed by atoms with Gasteiger partial charge in [-0.05, 0) is 38.9 Å². The molecule has 1 atom stereocenters. The van der Waals surface area contributed by atoms with E-state index in [2.05, 4.69) is 10.00 Å². The highest BCUT2D eigenvalue weighted by atomic mass is 16.5. The number of aromatic nitrogens is 2. The Balaban J connectivity index is 1.78. The molecule has 1 saturated heterocycles. The third-order valence-electron chi connectivity index (χ3n) is 4.61. The van der Waals surface area contributed by atoms with E-state index < -0.39 is 5.97 Å². The summed E-state index contributed by atoms with van der Waals surface area (Å²) in [4.78, 5) is 13.6. The lowest BCUT2D eigenvalue weighted by molar-refractivity contribution is 0.0645. The first-order chi connectivity index (χ1) is 11.6. The number of carboxylic acids is 1. The number of carboxylic acid groups (broad SMARTS) is 1. The lowest BCUT2D eigenvalue weighted by atomic mass is 10.1. The average Bonchev–Trinajstić information content (AvgIpc) is 3.24. The standard InChI is InChI=1S/C17H23N3O4/c1-12(15-4-3-7-24-15)19(2)10-13-11-20(18-16(13)17(21)22)14-5-8-23-9-6-14/h3-4,7,11-12,14H,5-6,8-10H2,1-2H3,(H,21,22). The molecule has 1 N–H and O–H groups in total. The minimum atomic E-state index is -0.991.